The molecule has 1 amide bonds. The van der Waals surface area contributed by atoms with E-state index in [1.54, 1.807) is 6.08 Å². The Bertz CT molecular complexity index is 1290. The van der Waals surface area contributed by atoms with Crippen molar-refractivity contribution in [2.45, 2.75) is 230 Å². The summed E-state index contributed by atoms with van der Waals surface area (Å²) in [5.74, 6) is -0.722. The molecule has 0 saturated carbocycles. The molecule has 0 aromatic carbocycles. The van der Waals surface area contributed by atoms with Crippen LogP contribution in [0.15, 0.2) is 48.6 Å². The standard InChI is InChI=1S/C47H85NO12S/c1-3-5-7-9-11-13-15-17-19-21-23-25-27-29-31-33-35-40(50)39(38-58-47-44(53)45(60-61(55,56)57)43(52)42(37-49)59-47)48-46(54)41(51)36-34-32-30-28-26-24-22-20-18-16-14-12-10-8-6-4-2/h12,14,18,20,25,27,33,35,39-45,47,49-53H,3-11,13,15-17,19,21-24,26,28-32,34,36-38H2,1-2H3,(H,48,54)(H,55,56,57)/b14-12-,20-18-,27-25+,35-33+. The van der Waals surface area contributed by atoms with Crippen LogP contribution in [0.1, 0.15) is 181 Å². The number of allylic oxidation sites excluding steroid dienone is 7. The van der Waals surface area contributed by atoms with Gasteiger partial charge in [0.15, 0.2) is 6.29 Å². The Morgan fingerprint density at radius 3 is 1.70 bits per heavy atom. The van der Waals surface area contributed by atoms with E-state index in [1.807, 2.05) is 0 Å². The van der Waals surface area contributed by atoms with Crippen molar-refractivity contribution in [1.29, 1.82) is 0 Å². The van der Waals surface area contributed by atoms with Crippen LogP contribution in [0.5, 0.6) is 0 Å². The first-order valence-electron chi connectivity index (χ1n) is 23.6. The Hall–Kier alpha value is -1.98. The maximum atomic E-state index is 13.1. The van der Waals surface area contributed by atoms with Crippen LogP contribution in [0.25, 0.3) is 0 Å². The summed E-state index contributed by atoms with van der Waals surface area (Å²) in [6, 6.07) is -1.14. The molecule has 8 unspecified atom stereocenters. The van der Waals surface area contributed by atoms with E-state index in [1.165, 1.54) is 83.1 Å². The minimum atomic E-state index is -5.12. The highest BCUT2D eigenvalue weighted by Crippen LogP contribution is 2.26. The summed E-state index contributed by atoms with van der Waals surface area (Å²) in [6.45, 7) is 3.16. The van der Waals surface area contributed by atoms with Crippen molar-refractivity contribution in [1.82, 2.24) is 5.32 Å². The maximum absolute atomic E-state index is 13.1. The molecule has 1 aliphatic rings. The number of nitrogens with one attached hydrogen (secondary N) is 1. The van der Waals surface area contributed by atoms with Gasteiger partial charge in [-0.15, -0.1) is 0 Å². The number of carbonyl (C=O) groups excluding carboxylic acids is 1. The van der Waals surface area contributed by atoms with Gasteiger partial charge in [-0.1, -0.05) is 165 Å². The van der Waals surface area contributed by atoms with Gasteiger partial charge in [0.2, 0.25) is 5.91 Å². The largest absolute Gasteiger partial charge is 0.397 e. The minimum absolute atomic E-state index is 0.223. The number of aliphatic hydroxyl groups excluding tert-OH is 5. The molecule has 14 heteroatoms. The number of hydrogen-bond donors (Lipinski definition) is 7. The molecule has 0 spiro atoms. The normalized spacial score (nSPS) is 21.6. The van der Waals surface area contributed by atoms with E-state index in [0.717, 1.165) is 70.6 Å². The zero-order valence-electron chi connectivity index (χ0n) is 37.6. The van der Waals surface area contributed by atoms with Gasteiger partial charge in [0.05, 0.1) is 25.4 Å². The molecule has 0 aromatic rings. The molecule has 61 heavy (non-hydrogen) atoms. The molecular weight excluding hydrogens is 803 g/mol. The van der Waals surface area contributed by atoms with Crippen molar-refractivity contribution >= 4 is 16.3 Å². The van der Waals surface area contributed by atoms with Crippen LogP contribution in [-0.2, 0) is 28.9 Å². The Labute approximate surface area is 369 Å². The van der Waals surface area contributed by atoms with Crippen LogP contribution in [0.3, 0.4) is 0 Å². The van der Waals surface area contributed by atoms with Gasteiger partial charge in [-0.3, -0.25) is 9.35 Å². The number of carbonyl (C=O) groups is 1. The first kappa shape index (κ1) is 57.0. The predicted molar refractivity (Wildman–Crippen MR) is 242 cm³/mol. The fourth-order valence-electron chi connectivity index (χ4n) is 7.15. The van der Waals surface area contributed by atoms with Crippen LogP contribution < -0.4 is 5.32 Å². The lowest BCUT2D eigenvalue weighted by molar-refractivity contribution is -0.298. The lowest BCUT2D eigenvalue weighted by atomic mass is 9.99. The van der Waals surface area contributed by atoms with Gasteiger partial charge in [0.25, 0.3) is 0 Å². The van der Waals surface area contributed by atoms with Crippen molar-refractivity contribution < 1.29 is 57.0 Å². The molecule has 1 rings (SSSR count). The number of amides is 1. The molecule has 7 N–H and O–H groups in total. The molecule has 1 aliphatic heterocycles. The van der Waals surface area contributed by atoms with Crippen LogP contribution in [-0.4, -0.2) is 107 Å². The van der Waals surface area contributed by atoms with Crippen molar-refractivity contribution in [3.63, 3.8) is 0 Å². The Morgan fingerprint density at radius 2 is 1.15 bits per heavy atom. The number of ether oxygens (including phenoxy) is 2. The zero-order valence-corrected chi connectivity index (χ0v) is 38.4. The second-order valence-corrected chi connectivity index (χ2v) is 17.5. The lowest BCUT2D eigenvalue weighted by Crippen LogP contribution is -2.61. The number of hydrogen-bond acceptors (Lipinski definition) is 11. The van der Waals surface area contributed by atoms with Gasteiger partial charge in [0, 0.05) is 0 Å². The van der Waals surface area contributed by atoms with Gasteiger partial charge < -0.3 is 40.3 Å². The van der Waals surface area contributed by atoms with Gasteiger partial charge in [-0.05, 0) is 64.2 Å². The average Bonchev–Trinajstić information content (AvgIpc) is 3.23. The smallest absolute Gasteiger partial charge is 0.394 e. The predicted octanol–water partition coefficient (Wildman–Crippen LogP) is 8.24. The van der Waals surface area contributed by atoms with Crippen molar-refractivity contribution in [2.24, 2.45) is 0 Å². The van der Waals surface area contributed by atoms with Gasteiger partial charge >= 0.3 is 10.4 Å². The summed E-state index contributed by atoms with van der Waals surface area (Å²) in [5, 5.41) is 55.2. The van der Waals surface area contributed by atoms with Gasteiger partial charge in [-0.2, -0.15) is 8.42 Å². The fourth-order valence-corrected chi connectivity index (χ4v) is 7.66. The second-order valence-electron chi connectivity index (χ2n) is 16.5. The van der Waals surface area contributed by atoms with Gasteiger partial charge in [-0.25, -0.2) is 4.18 Å². The van der Waals surface area contributed by atoms with E-state index in [4.69, 9.17) is 9.47 Å². The van der Waals surface area contributed by atoms with Crippen molar-refractivity contribution in [3.05, 3.63) is 48.6 Å². The first-order valence-corrected chi connectivity index (χ1v) is 25.0. The first-order chi connectivity index (χ1) is 29.4. The maximum Gasteiger partial charge on any atom is 0.397 e. The highest BCUT2D eigenvalue weighted by Gasteiger charge is 2.48. The van der Waals surface area contributed by atoms with E-state index in [2.05, 4.69) is 59.8 Å². The molecule has 1 heterocycles. The summed E-state index contributed by atoms with van der Waals surface area (Å²) in [7, 11) is -5.12. The van der Waals surface area contributed by atoms with E-state index >= 15 is 0 Å². The molecule has 0 aromatic heterocycles. The number of unbranched alkanes of at least 4 members (excludes halogenated alkanes) is 20. The molecule has 0 aliphatic carbocycles. The third-order valence-corrected chi connectivity index (χ3v) is 11.4. The number of rotatable bonds is 39. The van der Waals surface area contributed by atoms with Crippen molar-refractivity contribution in [3.8, 4) is 0 Å². The van der Waals surface area contributed by atoms with Crippen LogP contribution >= 0.6 is 0 Å². The van der Waals surface area contributed by atoms with Crippen LogP contribution in [0.4, 0.5) is 0 Å². The van der Waals surface area contributed by atoms with Crippen LogP contribution in [0, 0.1) is 0 Å². The Balaban J connectivity index is 2.62. The zero-order chi connectivity index (χ0) is 45.0. The quantitative estimate of drug-likeness (QED) is 0.0177. The highest BCUT2D eigenvalue weighted by atomic mass is 32.3. The molecular formula is C47H85NO12S. The molecule has 13 nitrogen and oxygen atoms in total. The van der Waals surface area contributed by atoms with Gasteiger partial charge in [0.1, 0.15) is 30.5 Å². The number of aliphatic hydroxyl groups is 5. The summed E-state index contributed by atoms with van der Waals surface area (Å²) >= 11 is 0. The summed E-state index contributed by atoms with van der Waals surface area (Å²) < 4.78 is 47.5. The average molecular weight is 888 g/mol. The lowest BCUT2D eigenvalue weighted by Gasteiger charge is -2.41. The van der Waals surface area contributed by atoms with Crippen LogP contribution in [0.2, 0.25) is 0 Å². The van der Waals surface area contributed by atoms with E-state index in [9.17, 15) is 43.3 Å². The summed E-state index contributed by atoms with van der Waals surface area (Å²) in [6.07, 6.45) is 33.3. The molecule has 1 saturated heterocycles. The fraction of sp³-hybridized carbons (Fsp3) is 0.809. The third kappa shape index (κ3) is 29.9. The Kier molecular flexibility index (Phi) is 35.0. The van der Waals surface area contributed by atoms with E-state index in [0.29, 0.717) is 12.8 Å². The highest BCUT2D eigenvalue weighted by molar-refractivity contribution is 7.80. The van der Waals surface area contributed by atoms with Crippen molar-refractivity contribution in [2.75, 3.05) is 13.2 Å². The van der Waals surface area contributed by atoms with E-state index < -0.39 is 78.5 Å². The SMILES string of the molecule is CCCCC/C=C\C/C=C\CCCCCCCCC(O)C(=O)NC(COC1OC(CO)C(O)C(OS(=O)(=O)O)C1O)C(O)/C=C/CC/C=C/CCCCCCCCCCCC. The Morgan fingerprint density at radius 1 is 0.672 bits per heavy atom. The molecule has 0 bridgehead atoms. The third-order valence-electron chi connectivity index (χ3n) is 10.9. The molecule has 0 radical (unpaired) electrons. The summed E-state index contributed by atoms with van der Waals surface area (Å²) in [4.78, 5) is 13.1. The van der Waals surface area contributed by atoms with E-state index in [-0.39, 0.29) is 6.42 Å². The molecule has 356 valence electrons. The topological polar surface area (TPSA) is 212 Å². The molecule has 8 atom stereocenters. The second kappa shape index (κ2) is 37.4. The summed E-state index contributed by atoms with van der Waals surface area (Å²) in [5.41, 5.74) is 0. The minimum Gasteiger partial charge on any atom is -0.394 e. The monoisotopic (exact) mass is 888 g/mol. The molecule has 1 fully saturated rings.